The third-order valence-corrected chi connectivity index (χ3v) is 3.56. The van der Waals surface area contributed by atoms with Crippen molar-refractivity contribution in [2.24, 2.45) is 5.92 Å². The van der Waals surface area contributed by atoms with E-state index in [0.29, 0.717) is 6.04 Å². The Morgan fingerprint density at radius 2 is 2.25 bits per heavy atom. The van der Waals surface area contributed by atoms with E-state index in [2.05, 4.69) is 46.1 Å². The third-order valence-electron chi connectivity index (χ3n) is 2.89. The van der Waals surface area contributed by atoms with E-state index in [4.69, 9.17) is 0 Å². The van der Waals surface area contributed by atoms with Crippen LogP contribution in [-0.4, -0.2) is 12.0 Å². The predicted octanol–water partition coefficient (Wildman–Crippen LogP) is 3.93. The molecular weight excluding hydrogens is 264 g/mol. The number of hydrogen-bond acceptors (Lipinski definition) is 2. The lowest BCUT2D eigenvalue weighted by Gasteiger charge is -2.20. The van der Waals surface area contributed by atoms with E-state index in [9.17, 15) is 0 Å². The molecule has 1 N–H and O–H groups in total. The number of halogens is 1. The minimum atomic E-state index is 0.345. The van der Waals surface area contributed by atoms with Gasteiger partial charge >= 0.3 is 0 Å². The Morgan fingerprint density at radius 1 is 1.50 bits per heavy atom. The molecule has 0 fully saturated rings. The van der Waals surface area contributed by atoms with E-state index < -0.39 is 0 Å². The molecular formula is C13H21BrN2. The summed E-state index contributed by atoms with van der Waals surface area (Å²) in [5.74, 6) is 0.733. The second kappa shape index (κ2) is 7.02. The Bertz CT molecular complexity index is 315. The van der Waals surface area contributed by atoms with Crippen molar-refractivity contribution in [3.63, 3.8) is 0 Å². The van der Waals surface area contributed by atoms with E-state index in [0.717, 1.165) is 22.5 Å². The van der Waals surface area contributed by atoms with E-state index in [1.54, 1.807) is 0 Å². The van der Waals surface area contributed by atoms with E-state index >= 15 is 0 Å². The van der Waals surface area contributed by atoms with Crippen molar-refractivity contribution in [2.75, 3.05) is 7.05 Å². The van der Waals surface area contributed by atoms with Crippen molar-refractivity contribution in [1.29, 1.82) is 0 Å². The average molecular weight is 285 g/mol. The van der Waals surface area contributed by atoms with E-state index in [-0.39, 0.29) is 0 Å². The fourth-order valence-corrected chi connectivity index (χ4v) is 2.56. The van der Waals surface area contributed by atoms with Gasteiger partial charge in [-0.3, -0.25) is 4.98 Å². The summed E-state index contributed by atoms with van der Waals surface area (Å²) in [6, 6.07) is 4.35. The first-order chi connectivity index (χ1) is 7.69. The number of nitrogens with one attached hydrogen (secondary N) is 1. The molecule has 1 rings (SSSR count). The molecule has 1 aromatic heterocycles. The summed E-state index contributed by atoms with van der Waals surface area (Å²) in [6.45, 7) is 4.55. The van der Waals surface area contributed by atoms with Crippen LogP contribution in [0.4, 0.5) is 0 Å². The van der Waals surface area contributed by atoms with Crippen LogP contribution in [0.2, 0.25) is 0 Å². The van der Waals surface area contributed by atoms with Crippen molar-refractivity contribution in [3.05, 3.63) is 28.5 Å². The van der Waals surface area contributed by atoms with Crippen molar-refractivity contribution in [2.45, 2.75) is 39.2 Å². The lowest BCUT2D eigenvalue weighted by atomic mass is 9.95. The highest BCUT2D eigenvalue weighted by molar-refractivity contribution is 9.10. The maximum atomic E-state index is 4.45. The summed E-state index contributed by atoms with van der Waals surface area (Å²) >= 11 is 3.56. The Morgan fingerprint density at radius 3 is 2.81 bits per heavy atom. The molecule has 1 aromatic rings. The highest BCUT2D eigenvalue weighted by atomic mass is 79.9. The summed E-state index contributed by atoms with van der Waals surface area (Å²) in [5.41, 5.74) is 1.12. The van der Waals surface area contributed by atoms with Crippen LogP contribution in [0.1, 0.15) is 44.8 Å². The van der Waals surface area contributed by atoms with Crippen LogP contribution in [0.5, 0.6) is 0 Å². The normalized spacial score (nSPS) is 14.8. The second-order valence-corrected chi connectivity index (χ2v) is 5.20. The first-order valence-electron chi connectivity index (χ1n) is 5.96. The van der Waals surface area contributed by atoms with Gasteiger partial charge in [-0.05, 0) is 47.4 Å². The van der Waals surface area contributed by atoms with Crippen LogP contribution in [0, 0.1) is 5.92 Å². The van der Waals surface area contributed by atoms with Crippen molar-refractivity contribution in [1.82, 2.24) is 10.3 Å². The lowest BCUT2D eigenvalue weighted by molar-refractivity contribution is 0.400. The van der Waals surface area contributed by atoms with Crippen LogP contribution in [0.25, 0.3) is 0 Å². The second-order valence-electron chi connectivity index (χ2n) is 4.34. The molecule has 2 unspecified atom stereocenters. The van der Waals surface area contributed by atoms with Crippen LogP contribution in [0.15, 0.2) is 22.8 Å². The van der Waals surface area contributed by atoms with Gasteiger partial charge in [-0.1, -0.05) is 26.7 Å². The Kier molecular flexibility index (Phi) is 5.99. The maximum absolute atomic E-state index is 4.45. The number of rotatable bonds is 6. The summed E-state index contributed by atoms with van der Waals surface area (Å²) in [4.78, 5) is 4.45. The summed E-state index contributed by atoms with van der Waals surface area (Å²) < 4.78 is 1.10. The average Bonchev–Trinajstić information content (AvgIpc) is 2.27. The molecule has 0 bridgehead atoms. The van der Waals surface area contributed by atoms with Gasteiger partial charge in [-0.15, -0.1) is 0 Å². The minimum Gasteiger partial charge on any atom is -0.312 e. The molecule has 0 aliphatic heterocycles. The fourth-order valence-electron chi connectivity index (χ4n) is 2.03. The van der Waals surface area contributed by atoms with Gasteiger partial charge in [0.05, 0.1) is 11.7 Å². The fraction of sp³-hybridized carbons (Fsp3) is 0.615. The van der Waals surface area contributed by atoms with Crippen molar-refractivity contribution < 1.29 is 0 Å². The molecule has 0 radical (unpaired) electrons. The first kappa shape index (κ1) is 13.7. The summed E-state index contributed by atoms with van der Waals surface area (Å²) in [5, 5.41) is 3.36. The van der Waals surface area contributed by atoms with Crippen molar-refractivity contribution in [3.8, 4) is 0 Å². The Hall–Kier alpha value is -0.410. The molecule has 0 saturated heterocycles. The minimum absolute atomic E-state index is 0.345. The van der Waals surface area contributed by atoms with Crippen LogP contribution in [-0.2, 0) is 0 Å². The van der Waals surface area contributed by atoms with Crippen molar-refractivity contribution >= 4 is 15.9 Å². The summed E-state index contributed by atoms with van der Waals surface area (Å²) in [7, 11) is 2.00. The monoisotopic (exact) mass is 284 g/mol. The van der Waals surface area contributed by atoms with Gasteiger partial charge < -0.3 is 5.32 Å². The zero-order valence-corrected chi connectivity index (χ0v) is 11.9. The zero-order chi connectivity index (χ0) is 12.0. The van der Waals surface area contributed by atoms with Gasteiger partial charge in [0.25, 0.3) is 0 Å². The zero-order valence-electron chi connectivity index (χ0n) is 10.3. The molecule has 16 heavy (non-hydrogen) atoms. The first-order valence-corrected chi connectivity index (χ1v) is 6.76. The van der Waals surface area contributed by atoms with Gasteiger partial charge in [0, 0.05) is 10.7 Å². The molecule has 1 heterocycles. The predicted molar refractivity (Wildman–Crippen MR) is 72.4 cm³/mol. The van der Waals surface area contributed by atoms with E-state index in [1.165, 1.54) is 12.8 Å². The summed E-state index contributed by atoms with van der Waals surface area (Å²) in [6.07, 6.45) is 5.53. The SMILES string of the molecule is CCCC(C)CC(NC)c1ncccc1Br. The van der Waals surface area contributed by atoms with Gasteiger partial charge in [0.2, 0.25) is 0 Å². The van der Waals surface area contributed by atoms with Gasteiger partial charge in [-0.2, -0.15) is 0 Å². The largest absolute Gasteiger partial charge is 0.312 e. The molecule has 0 saturated carbocycles. The number of aromatic nitrogens is 1. The van der Waals surface area contributed by atoms with Gasteiger partial charge in [-0.25, -0.2) is 0 Å². The Labute approximate surface area is 107 Å². The molecule has 0 amide bonds. The van der Waals surface area contributed by atoms with Crippen LogP contribution >= 0.6 is 15.9 Å². The van der Waals surface area contributed by atoms with Crippen LogP contribution in [0.3, 0.4) is 0 Å². The molecule has 2 nitrogen and oxygen atoms in total. The molecule has 0 aromatic carbocycles. The topological polar surface area (TPSA) is 24.9 Å². The molecule has 0 aliphatic carbocycles. The van der Waals surface area contributed by atoms with Crippen LogP contribution < -0.4 is 5.32 Å². The quantitative estimate of drug-likeness (QED) is 0.856. The number of hydrogen-bond donors (Lipinski definition) is 1. The highest BCUT2D eigenvalue weighted by Gasteiger charge is 2.16. The smallest absolute Gasteiger partial charge is 0.0714 e. The van der Waals surface area contributed by atoms with E-state index in [1.807, 2.05) is 19.3 Å². The number of pyridine rings is 1. The highest BCUT2D eigenvalue weighted by Crippen LogP contribution is 2.27. The van der Waals surface area contributed by atoms with Gasteiger partial charge in [0.1, 0.15) is 0 Å². The molecule has 2 atom stereocenters. The maximum Gasteiger partial charge on any atom is 0.0714 e. The third kappa shape index (κ3) is 3.87. The van der Waals surface area contributed by atoms with Gasteiger partial charge in [0.15, 0.2) is 0 Å². The molecule has 3 heteroatoms. The Balaban J connectivity index is 2.71. The lowest BCUT2D eigenvalue weighted by Crippen LogP contribution is -2.20. The number of nitrogens with zero attached hydrogens (tertiary/aromatic N) is 1. The molecule has 90 valence electrons. The molecule has 0 spiro atoms. The standard InChI is InChI=1S/C13H21BrN2/c1-4-6-10(2)9-12(15-3)13-11(14)7-5-8-16-13/h5,7-8,10,12,15H,4,6,9H2,1-3H3. The molecule has 0 aliphatic rings.